The van der Waals surface area contributed by atoms with E-state index in [1.165, 1.54) is 0 Å². The lowest BCUT2D eigenvalue weighted by atomic mass is 10.1. The van der Waals surface area contributed by atoms with Crippen LogP contribution in [-0.4, -0.2) is 67.9 Å². The molecule has 0 aliphatic carbocycles. The Balaban J connectivity index is 1.67. The van der Waals surface area contributed by atoms with Gasteiger partial charge in [-0.05, 0) is 24.1 Å². The first kappa shape index (κ1) is 27.6. The van der Waals surface area contributed by atoms with Crippen LogP contribution in [0.15, 0.2) is 23.0 Å². The minimum atomic E-state index is -5.00. The Hall–Kier alpha value is -3.46. The molecule has 0 spiro atoms. The molecule has 2 aromatic rings. The molecule has 0 saturated carbocycles. The van der Waals surface area contributed by atoms with Gasteiger partial charge in [0.1, 0.15) is 18.0 Å². The maximum Gasteiger partial charge on any atom is 0.419 e. The van der Waals surface area contributed by atoms with Gasteiger partial charge in [-0.3, -0.25) is 14.2 Å². The Kier molecular flexibility index (Phi) is 7.27. The lowest BCUT2D eigenvalue weighted by Gasteiger charge is -2.34. The van der Waals surface area contributed by atoms with Crippen molar-refractivity contribution in [3.05, 3.63) is 51.5 Å². The topological polar surface area (TPSA) is 80.4 Å². The molecular formula is C22H21F8N5O3. The normalized spacial score (nSPS) is 20.1. The van der Waals surface area contributed by atoms with Crippen LogP contribution in [0.1, 0.15) is 42.3 Å². The Morgan fingerprint density at radius 2 is 1.76 bits per heavy atom. The Morgan fingerprint density at radius 1 is 1.05 bits per heavy atom. The molecule has 1 fully saturated rings. The Bertz CT molecular complexity index is 1290. The number of rotatable bonds is 5. The smallest absolute Gasteiger partial charge is 0.338 e. The van der Waals surface area contributed by atoms with Gasteiger partial charge in [0.05, 0.1) is 38.2 Å². The number of fused-ring (bicyclic) bond motifs is 1. The van der Waals surface area contributed by atoms with Crippen molar-refractivity contribution in [1.82, 2.24) is 24.1 Å². The average molecular weight is 555 g/mol. The number of halogens is 8. The highest BCUT2D eigenvalue weighted by molar-refractivity contribution is 5.83. The summed E-state index contributed by atoms with van der Waals surface area (Å²) in [4.78, 5) is 40.9. The molecule has 2 amide bonds. The molecule has 16 heteroatoms. The minimum absolute atomic E-state index is 0.0204. The molecule has 1 aromatic heterocycles. The number of carbonyl (C=O) groups excluding carboxylic acids is 2. The number of hydrogen-bond donors (Lipinski definition) is 0. The van der Waals surface area contributed by atoms with Gasteiger partial charge in [0.2, 0.25) is 11.8 Å². The highest BCUT2D eigenvalue weighted by Crippen LogP contribution is 2.32. The summed E-state index contributed by atoms with van der Waals surface area (Å²) in [6, 6.07) is 0.657. The number of amides is 2. The van der Waals surface area contributed by atoms with E-state index in [1.54, 1.807) is 0 Å². The first-order valence-electron chi connectivity index (χ1n) is 11.5. The van der Waals surface area contributed by atoms with E-state index in [9.17, 15) is 49.5 Å². The largest absolute Gasteiger partial charge is 0.419 e. The van der Waals surface area contributed by atoms with E-state index in [1.807, 2.05) is 0 Å². The summed E-state index contributed by atoms with van der Waals surface area (Å²) in [7, 11) is 0. The van der Waals surface area contributed by atoms with Crippen LogP contribution < -0.4 is 5.69 Å². The molecule has 2 unspecified atom stereocenters. The van der Waals surface area contributed by atoms with Gasteiger partial charge in [-0.2, -0.15) is 31.4 Å². The van der Waals surface area contributed by atoms with Gasteiger partial charge in [-0.15, -0.1) is 0 Å². The van der Waals surface area contributed by atoms with Crippen molar-refractivity contribution >= 4 is 11.8 Å². The molecule has 0 bridgehead atoms. The maximum atomic E-state index is 13.7. The number of hydrogen-bond acceptors (Lipinski definition) is 4. The minimum Gasteiger partial charge on any atom is -0.338 e. The van der Waals surface area contributed by atoms with Gasteiger partial charge >= 0.3 is 18.0 Å². The first-order valence-corrected chi connectivity index (χ1v) is 11.5. The van der Waals surface area contributed by atoms with Gasteiger partial charge < -0.3 is 9.80 Å². The lowest BCUT2D eigenvalue weighted by Crippen LogP contribution is -2.50. The molecule has 2 atom stereocenters. The predicted octanol–water partition coefficient (Wildman–Crippen LogP) is 3.05. The molecule has 4 rings (SSSR count). The van der Waals surface area contributed by atoms with E-state index in [0.717, 1.165) is 20.4 Å². The van der Waals surface area contributed by atoms with Crippen LogP contribution in [0.2, 0.25) is 0 Å². The zero-order chi connectivity index (χ0) is 28.0. The summed E-state index contributed by atoms with van der Waals surface area (Å²) in [5.74, 6) is -3.41. The quantitative estimate of drug-likeness (QED) is 0.532. The first-order chi connectivity index (χ1) is 17.6. The van der Waals surface area contributed by atoms with Gasteiger partial charge in [0.25, 0.3) is 0 Å². The molecule has 3 heterocycles. The number of likely N-dealkylation sites (tertiary alicyclic amines) is 1. The van der Waals surface area contributed by atoms with Crippen molar-refractivity contribution in [2.75, 3.05) is 19.6 Å². The van der Waals surface area contributed by atoms with E-state index >= 15 is 0 Å². The summed E-state index contributed by atoms with van der Waals surface area (Å²) in [5.41, 5.74) is -2.64. The predicted molar refractivity (Wildman–Crippen MR) is 113 cm³/mol. The van der Waals surface area contributed by atoms with Gasteiger partial charge in [-0.1, -0.05) is 6.07 Å². The Morgan fingerprint density at radius 3 is 2.37 bits per heavy atom. The van der Waals surface area contributed by atoms with Gasteiger partial charge in [0, 0.05) is 13.0 Å². The fourth-order valence-electron chi connectivity index (χ4n) is 4.49. The third kappa shape index (κ3) is 5.83. The fraction of sp³-hybridized carbons (Fsp3) is 0.545. The monoisotopic (exact) mass is 555 g/mol. The number of aromatic nitrogens is 3. The third-order valence-electron chi connectivity index (χ3n) is 6.35. The average Bonchev–Trinajstić information content (AvgIpc) is 3.39. The van der Waals surface area contributed by atoms with Crippen molar-refractivity contribution < 1.29 is 44.7 Å². The van der Waals surface area contributed by atoms with Crippen molar-refractivity contribution in [2.45, 2.75) is 56.9 Å². The lowest BCUT2D eigenvalue weighted by molar-refractivity contribution is -0.151. The van der Waals surface area contributed by atoms with E-state index in [-0.39, 0.29) is 30.9 Å². The van der Waals surface area contributed by atoms with E-state index < -0.39 is 85.9 Å². The van der Waals surface area contributed by atoms with Crippen LogP contribution in [0.4, 0.5) is 35.1 Å². The van der Waals surface area contributed by atoms with Crippen molar-refractivity contribution in [3.63, 3.8) is 0 Å². The zero-order valence-corrected chi connectivity index (χ0v) is 19.5. The summed E-state index contributed by atoms with van der Waals surface area (Å²) in [5, 5.41) is 4.01. The second kappa shape index (κ2) is 10.0. The molecule has 8 nitrogen and oxygen atoms in total. The molecule has 0 N–H and O–H groups in total. The molecule has 0 radical (unpaired) electrons. The van der Waals surface area contributed by atoms with Crippen LogP contribution in [0.3, 0.4) is 0 Å². The summed E-state index contributed by atoms with van der Waals surface area (Å²) in [6.07, 6.45) is -13.2. The van der Waals surface area contributed by atoms with Crippen molar-refractivity contribution in [3.8, 4) is 0 Å². The number of benzene rings is 1. The third-order valence-corrected chi connectivity index (χ3v) is 6.35. The molecule has 1 aromatic carbocycles. The number of carbonyl (C=O) groups is 2. The molecule has 2 aliphatic heterocycles. The summed E-state index contributed by atoms with van der Waals surface area (Å²) >= 11 is 0. The SMILES string of the molecule is O=C(CCC(F)(F)F)N1Cc2nn(Cc3ccc(F)c(C(F)(F)F)c3)c(=O)n2C(C(=O)N2CCC(F)C2)C1. The summed E-state index contributed by atoms with van der Waals surface area (Å²) in [6.45, 7) is -1.72. The number of nitrogens with zero attached hydrogens (tertiary/aromatic N) is 5. The van der Waals surface area contributed by atoms with Crippen LogP contribution in [0, 0.1) is 5.82 Å². The fourth-order valence-corrected chi connectivity index (χ4v) is 4.49. The van der Waals surface area contributed by atoms with Crippen LogP contribution >= 0.6 is 0 Å². The molecule has 208 valence electrons. The van der Waals surface area contributed by atoms with Crippen LogP contribution in [-0.2, 0) is 28.9 Å². The summed E-state index contributed by atoms with van der Waals surface area (Å²) < 4.78 is 106. The zero-order valence-electron chi connectivity index (χ0n) is 19.5. The van der Waals surface area contributed by atoms with E-state index in [4.69, 9.17) is 0 Å². The molecule has 38 heavy (non-hydrogen) atoms. The van der Waals surface area contributed by atoms with Crippen LogP contribution in [0.25, 0.3) is 0 Å². The second-order valence-corrected chi connectivity index (χ2v) is 9.11. The van der Waals surface area contributed by atoms with Gasteiger partial charge in [-0.25, -0.2) is 18.3 Å². The van der Waals surface area contributed by atoms with E-state index in [0.29, 0.717) is 16.8 Å². The molecule has 1 saturated heterocycles. The van der Waals surface area contributed by atoms with Gasteiger partial charge in [0.15, 0.2) is 5.82 Å². The second-order valence-electron chi connectivity index (χ2n) is 9.11. The standard InChI is InChI=1S/C22H21F8N5O3/c23-13-4-6-32(9-13)19(37)16-10-33(18(36)3-5-21(25,26)27)11-17-31-34(20(38)35(16)17)8-12-1-2-15(24)14(7-12)22(28,29)30/h1-2,7,13,16H,3-6,8-11H2. The van der Waals surface area contributed by atoms with Crippen molar-refractivity contribution in [2.24, 2.45) is 0 Å². The Labute approximate surface area is 209 Å². The van der Waals surface area contributed by atoms with Crippen LogP contribution in [0.5, 0.6) is 0 Å². The number of alkyl halides is 7. The highest BCUT2D eigenvalue weighted by atomic mass is 19.4. The molecular weight excluding hydrogens is 534 g/mol. The molecule has 2 aliphatic rings. The van der Waals surface area contributed by atoms with E-state index in [2.05, 4.69) is 5.10 Å². The highest BCUT2D eigenvalue weighted by Gasteiger charge is 2.41. The van der Waals surface area contributed by atoms with Crippen molar-refractivity contribution in [1.29, 1.82) is 0 Å². The maximum absolute atomic E-state index is 13.7.